The van der Waals surface area contributed by atoms with E-state index in [-0.39, 0.29) is 5.56 Å². The van der Waals surface area contributed by atoms with Gasteiger partial charge in [0.25, 0.3) is 5.56 Å². The van der Waals surface area contributed by atoms with E-state index in [1.807, 2.05) is 6.92 Å². The Bertz CT molecular complexity index is 810. The Hall–Kier alpha value is -2.14. The number of piperidine rings is 1. The third-order valence-corrected chi connectivity index (χ3v) is 5.65. The average molecular weight is 352 g/mol. The fraction of sp³-hybridized carbons (Fsp3) is 0.524. The molecule has 4 rings (SSSR count). The Morgan fingerprint density at radius 1 is 1.15 bits per heavy atom. The van der Waals surface area contributed by atoms with E-state index in [1.54, 1.807) is 6.07 Å². The van der Waals surface area contributed by atoms with Crippen molar-refractivity contribution in [3.05, 3.63) is 57.8 Å². The van der Waals surface area contributed by atoms with Crippen molar-refractivity contribution in [1.82, 2.24) is 14.9 Å². The van der Waals surface area contributed by atoms with Crippen LogP contribution in [0.3, 0.4) is 0 Å². The number of aromatic nitrogens is 2. The normalized spacial score (nSPS) is 21.3. The molecule has 26 heavy (non-hydrogen) atoms. The van der Waals surface area contributed by atoms with E-state index in [2.05, 4.69) is 44.0 Å². The minimum absolute atomic E-state index is 0.0404. The predicted octanol–water partition coefficient (Wildman–Crippen LogP) is 3.06. The largest absolute Gasteiger partial charge is 0.371 e. The molecular formula is C21H28N4O. The van der Waals surface area contributed by atoms with Gasteiger partial charge in [-0.05, 0) is 50.8 Å². The van der Waals surface area contributed by atoms with Crippen molar-refractivity contribution in [3.63, 3.8) is 0 Å². The van der Waals surface area contributed by atoms with Gasteiger partial charge in [0.05, 0.1) is 5.69 Å². The lowest BCUT2D eigenvalue weighted by molar-refractivity contribution is 0.326. The molecule has 1 aromatic heterocycles. The van der Waals surface area contributed by atoms with E-state index in [0.29, 0.717) is 11.7 Å². The lowest BCUT2D eigenvalue weighted by atomic mass is 10.0. The summed E-state index contributed by atoms with van der Waals surface area (Å²) in [5.41, 5.74) is 3.73. The highest BCUT2D eigenvalue weighted by atomic mass is 16.1. The highest BCUT2D eigenvalue weighted by Crippen LogP contribution is 2.30. The molecule has 2 aliphatic rings. The van der Waals surface area contributed by atoms with Crippen LogP contribution in [-0.2, 0) is 6.54 Å². The van der Waals surface area contributed by atoms with Gasteiger partial charge in [0.15, 0.2) is 0 Å². The van der Waals surface area contributed by atoms with E-state index in [0.717, 1.165) is 31.7 Å². The number of H-pyrrole nitrogens is 1. The summed E-state index contributed by atoms with van der Waals surface area (Å²) >= 11 is 0. The fourth-order valence-electron chi connectivity index (χ4n) is 4.36. The van der Waals surface area contributed by atoms with E-state index in [4.69, 9.17) is 0 Å². The van der Waals surface area contributed by atoms with Crippen LogP contribution in [0, 0.1) is 6.92 Å². The van der Waals surface area contributed by atoms with Gasteiger partial charge in [0.2, 0.25) is 0 Å². The summed E-state index contributed by atoms with van der Waals surface area (Å²) in [5.74, 6) is 1.07. The molecule has 0 radical (unpaired) electrons. The second-order valence-electron chi connectivity index (χ2n) is 7.65. The second kappa shape index (κ2) is 7.62. The molecule has 2 saturated heterocycles. The lowest BCUT2D eigenvalue weighted by Crippen LogP contribution is -2.31. The number of nitrogens with zero attached hydrogens (tertiary/aromatic N) is 3. The minimum atomic E-state index is -0.0404. The molecule has 2 fully saturated rings. The van der Waals surface area contributed by atoms with Gasteiger partial charge in [-0.3, -0.25) is 9.69 Å². The number of anilines is 1. The Kier molecular flexibility index (Phi) is 5.07. The van der Waals surface area contributed by atoms with Crippen LogP contribution in [0.5, 0.6) is 0 Å². The maximum absolute atomic E-state index is 11.7. The van der Waals surface area contributed by atoms with Crippen LogP contribution < -0.4 is 10.5 Å². The van der Waals surface area contributed by atoms with Crippen molar-refractivity contribution in [2.75, 3.05) is 31.1 Å². The highest BCUT2D eigenvalue weighted by Gasteiger charge is 2.26. The number of aromatic amines is 1. The molecule has 3 heterocycles. The van der Waals surface area contributed by atoms with Crippen molar-refractivity contribution in [2.24, 2.45) is 0 Å². The Morgan fingerprint density at radius 2 is 1.96 bits per heavy atom. The zero-order chi connectivity index (χ0) is 17.9. The van der Waals surface area contributed by atoms with Gasteiger partial charge >= 0.3 is 0 Å². The molecule has 0 aliphatic carbocycles. The molecule has 0 unspecified atom stereocenters. The molecule has 1 atom stereocenters. The number of rotatable bonds is 4. The van der Waals surface area contributed by atoms with Crippen LogP contribution in [0.25, 0.3) is 0 Å². The third kappa shape index (κ3) is 3.83. The first-order valence-corrected chi connectivity index (χ1v) is 9.82. The summed E-state index contributed by atoms with van der Waals surface area (Å²) in [7, 11) is 0. The van der Waals surface area contributed by atoms with Gasteiger partial charge in [-0.15, -0.1) is 0 Å². The SMILES string of the molecule is Cc1nc([C@H]2CCN(Cc3ccccc3N3CCCCC3)C2)cc(=O)[nH]1. The van der Waals surface area contributed by atoms with Crippen LogP contribution >= 0.6 is 0 Å². The van der Waals surface area contributed by atoms with E-state index in [1.165, 1.54) is 43.6 Å². The summed E-state index contributed by atoms with van der Waals surface area (Å²) < 4.78 is 0. The molecule has 5 nitrogen and oxygen atoms in total. The molecule has 1 aromatic carbocycles. The summed E-state index contributed by atoms with van der Waals surface area (Å²) in [4.78, 5) is 24.1. The van der Waals surface area contributed by atoms with Crippen LogP contribution in [0.15, 0.2) is 35.1 Å². The quantitative estimate of drug-likeness (QED) is 0.919. The molecule has 138 valence electrons. The Labute approximate surface area is 155 Å². The molecule has 0 spiro atoms. The van der Waals surface area contributed by atoms with Gasteiger partial charge in [-0.2, -0.15) is 0 Å². The molecule has 0 bridgehead atoms. The van der Waals surface area contributed by atoms with Gasteiger partial charge in [0, 0.05) is 43.9 Å². The van der Waals surface area contributed by atoms with Crippen LogP contribution in [0.1, 0.15) is 48.7 Å². The van der Waals surface area contributed by atoms with Crippen molar-refractivity contribution >= 4 is 5.69 Å². The third-order valence-electron chi connectivity index (χ3n) is 5.65. The number of likely N-dealkylation sites (tertiary alicyclic amines) is 1. The fourth-order valence-corrected chi connectivity index (χ4v) is 4.36. The zero-order valence-electron chi connectivity index (χ0n) is 15.6. The van der Waals surface area contributed by atoms with Crippen LogP contribution in [0.4, 0.5) is 5.69 Å². The molecule has 0 amide bonds. The summed E-state index contributed by atoms with van der Waals surface area (Å²) in [6.45, 7) is 7.22. The summed E-state index contributed by atoms with van der Waals surface area (Å²) in [6, 6.07) is 10.5. The first kappa shape index (κ1) is 17.3. The van der Waals surface area contributed by atoms with Crippen molar-refractivity contribution in [1.29, 1.82) is 0 Å². The smallest absolute Gasteiger partial charge is 0.251 e. The van der Waals surface area contributed by atoms with Crippen molar-refractivity contribution < 1.29 is 0 Å². The number of hydrogen-bond donors (Lipinski definition) is 1. The van der Waals surface area contributed by atoms with Crippen LogP contribution in [-0.4, -0.2) is 41.0 Å². The number of nitrogens with one attached hydrogen (secondary N) is 1. The highest BCUT2D eigenvalue weighted by molar-refractivity contribution is 5.54. The zero-order valence-corrected chi connectivity index (χ0v) is 15.6. The van der Waals surface area contributed by atoms with Gasteiger partial charge in [-0.1, -0.05) is 18.2 Å². The summed E-state index contributed by atoms with van der Waals surface area (Å²) in [5, 5.41) is 0. The number of benzene rings is 1. The first-order chi connectivity index (χ1) is 12.7. The minimum Gasteiger partial charge on any atom is -0.371 e. The molecule has 5 heteroatoms. The summed E-state index contributed by atoms with van der Waals surface area (Å²) in [6.07, 6.45) is 5.03. The molecule has 2 aliphatic heterocycles. The van der Waals surface area contributed by atoms with E-state index >= 15 is 0 Å². The van der Waals surface area contributed by atoms with Crippen LogP contribution in [0.2, 0.25) is 0 Å². The Morgan fingerprint density at radius 3 is 2.77 bits per heavy atom. The molecular weight excluding hydrogens is 324 g/mol. The number of aryl methyl sites for hydroxylation is 1. The van der Waals surface area contributed by atoms with Crippen molar-refractivity contribution in [3.8, 4) is 0 Å². The van der Waals surface area contributed by atoms with Gasteiger partial charge in [0.1, 0.15) is 5.82 Å². The topological polar surface area (TPSA) is 52.2 Å². The van der Waals surface area contributed by atoms with E-state index in [9.17, 15) is 4.79 Å². The standard InChI is InChI=1S/C21H28N4O/c1-16-22-19(13-21(26)23-16)17-9-12-24(14-17)15-18-7-3-4-8-20(18)25-10-5-2-6-11-25/h3-4,7-8,13,17H,2,5-6,9-12,14-15H2,1H3,(H,22,23,26)/t17-/m0/s1. The Balaban J connectivity index is 1.46. The number of hydrogen-bond acceptors (Lipinski definition) is 4. The molecule has 2 aromatic rings. The second-order valence-corrected chi connectivity index (χ2v) is 7.65. The maximum Gasteiger partial charge on any atom is 0.251 e. The van der Waals surface area contributed by atoms with Gasteiger partial charge in [-0.25, -0.2) is 4.98 Å². The molecule has 1 N–H and O–H groups in total. The predicted molar refractivity (Wildman–Crippen MR) is 105 cm³/mol. The number of para-hydroxylation sites is 1. The van der Waals surface area contributed by atoms with Crippen molar-refractivity contribution in [2.45, 2.75) is 45.1 Å². The molecule has 0 saturated carbocycles. The first-order valence-electron chi connectivity index (χ1n) is 9.82. The monoisotopic (exact) mass is 352 g/mol. The lowest BCUT2D eigenvalue weighted by Gasteiger charge is -2.31. The van der Waals surface area contributed by atoms with E-state index < -0.39 is 0 Å². The van der Waals surface area contributed by atoms with Gasteiger partial charge < -0.3 is 9.88 Å². The maximum atomic E-state index is 11.7. The average Bonchev–Trinajstić information content (AvgIpc) is 3.11.